The fourth-order valence-electron chi connectivity index (χ4n) is 3.84. The quantitative estimate of drug-likeness (QED) is 0.445. The second-order valence-corrected chi connectivity index (χ2v) is 9.34. The fourth-order valence-corrected chi connectivity index (χ4v) is 5.45. The first-order chi connectivity index (χ1) is 16.4. The van der Waals surface area contributed by atoms with Crippen molar-refractivity contribution in [1.29, 1.82) is 0 Å². The van der Waals surface area contributed by atoms with Crippen molar-refractivity contribution < 1.29 is 19.0 Å². The number of esters is 1. The summed E-state index contributed by atoms with van der Waals surface area (Å²) >= 11 is 4.79. The second-order valence-electron chi connectivity index (χ2n) is 7.47. The molecule has 2 heterocycles. The van der Waals surface area contributed by atoms with E-state index < -0.39 is 12.0 Å². The summed E-state index contributed by atoms with van der Waals surface area (Å²) in [7, 11) is 3.18. The zero-order chi connectivity index (χ0) is 24.4. The van der Waals surface area contributed by atoms with E-state index >= 15 is 0 Å². The van der Waals surface area contributed by atoms with Gasteiger partial charge in [-0.05, 0) is 71.2 Å². The Morgan fingerprint density at radius 3 is 2.68 bits per heavy atom. The number of thiazole rings is 1. The molecular weight excluding hydrogens is 520 g/mol. The van der Waals surface area contributed by atoms with Gasteiger partial charge >= 0.3 is 5.97 Å². The summed E-state index contributed by atoms with van der Waals surface area (Å²) in [6.45, 7) is 3.72. The fraction of sp³-hybridized carbons (Fsp3) is 0.240. The second kappa shape index (κ2) is 9.99. The minimum atomic E-state index is -0.690. The summed E-state index contributed by atoms with van der Waals surface area (Å²) in [5, 5.41) is 0. The maximum absolute atomic E-state index is 13.6. The van der Waals surface area contributed by atoms with Crippen molar-refractivity contribution in [3.63, 3.8) is 0 Å². The van der Waals surface area contributed by atoms with Gasteiger partial charge in [0.15, 0.2) is 4.80 Å². The van der Waals surface area contributed by atoms with Crippen molar-refractivity contribution in [3.8, 4) is 11.5 Å². The molecule has 34 heavy (non-hydrogen) atoms. The van der Waals surface area contributed by atoms with Crippen LogP contribution in [0.5, 0.6) is 11.5 Å². The van der Waals surface area contributed by atoms with Crippen LogP contribution in [0.3, 0.4) is 0 Å². The first-order valence-corrected chi connectivity index (χ1v) is 12.2. The molecule has 176 valence electrons. The van der Waals surface area contributed by atoms with E-state index in [-0.39, 0.29) is 12.2 Å². The maximum atomic E-state index is 13.6. The van der Waals surface area contributed by atoms with E-state index in [0.29, 0.717) is 36.6 Å². The molecule has 0 saturated heterocycles. The van der Waals surface area contributed by atoms with E-state index in [0.717, 1.165) is 11.1 Å². The third-order valence-electron chi connectivity index (χ3n) is 5.40. The summed E-state index contributed by atoms with van der Waals surface area (Å²) in [5.74, 6) is 0.846. The van der Waals surface area contributed by atoms with Crippen LogP contribution in [0.1, 0.15) is 31.0 Å². The molecule has 1 aliphatic heterocycles. The van der Waals surface area contributed by atoms with Crippen LogP contribution in [0, 0.1) is 0 Å². The first-order valence-electron chi connectivity index (χ1n) is 10.5. The monoisotopic (exact) mass is 542 g/mol. The highest BCUT2D eigenvalue weighted by Gasteiger charge is 2.33. The molecule has 0 radical (unpaired) electrons. The van der Waals surface area contributed by atoms with Gasteiger partial charge in [0, 0.05) is 0 Å². The molecule has 0 N–H and O–H groups in total. The lowest BCUT2D eigenvalue weighted by molar-refractivity contribution is -0.139. The molecule has 1 aromatic heterocycles. The predicted octanol–water partition coefficient (Wildman–Crippen LogP) is 3.58. The Morgan fingerprint density at radius 1 is 1.21 bits per heavy atom. The molecule has 4 rings (SSSR count). The van der Waals surface area contributed by atoms with Gasteiger partial charge < -0.3 is 14.2 Å². The Balaban J connectivity index is 1.95. The zero-order valence-electron chi connectivity index (χ0n) is 19.1. The van der Waals surface area contributed by atoms with Gasteiger partial charge in [-0.1, -0.05) is 29.5 Å². The van der Waals surface area contributed by atoms with Crippen molar-refractivity contribution in [2.75, 3.05) is 20.8 Å². The number of carbonyl (C=O) groups excluding carboxylic acids is 1. The Hall–Kier alpha value is -3.17. The summed E-state index contributed by atoms with van der Waals surface area (Å²) in [4.78, 5) is 31.7. The molecule has 3 aromatic rings. The summed E-state index contributed by atoms with van der Waals surface area (Å²) in [5.41, 5.74) is 2.18. The minimum absolute atomic E-state index is 0.217. The van der Waals surface area contributed by atoms with Crippen LogP contribution >= 0.6 is 27.3 Å². The van der Waals surface area contributed by atoms with E-state index in [9.17, 15) is 9.59 Å². The molecule has 0 spiro atoms. The van der Waals surface area contributed by atoms with Crippen LogP contribution in [0.15, 0.2) is 68.0 Å². The number of ether oxygens (including phenoxy) is 3. The molecule has 0 aliphatic carbocycles. The van der Waals surface area contributed by atoms with E-state index in [1.807, 2.05) is 36.4 Å². The van der Waals surface area contributed by atoms with Gasteiger partial charge in [-0.2, -0.15) is 0 Å². The average Bonchev–Trinajstić information content (AvgIpc) is 3.12. The summed E-state index contributed by atoms with van der Waals surface area (Å²) in [6, 6.07) is 12.2. The number of fused-ring (bicyclic) bond motifs is 1. The van der Waals surface area contributed by atoms with Gasteiger partial charge in [0.1, 0.15) is 11.5 Å². The number of rotatable bonds is 6. The van der Waals surface area contributed by atoms with Crippen LogP contribution < -0.4 is 24.4 Å². The molecule has 7 nitrogen and oxygen atoms in total. The lowest BCUT2D eigenvalue weighted by Gasteiger charge is -2.25. The van der Waals surface area contributed by atoms with Gasteiger partial charge in [-0.3, -0.25) is 9.36 Å². The Labute approximate surface area is 208 Å². The lowest BCUT2D eigenvalue weighted by atomic mass is 9.96. The van der Waals surface area contributed by atoms with Gasteiger partial charge in [-0.25, -0.2) is 9.79 Å². The minimum Gasteiger partial charge on any atom is -0.497 e. The van der Waals surface area contributed by atoms with E-state index in [4.69, 9.17) is 14.2 Å². The highest BCUT2D eigenvalue weighted by molar-refractivity contribution is 9.10. The molecule has 2 aromatic carbocycles. The van der Waals surface area contributed by atoms with Crippen LogP contribution in [0.25, 0.3) is 6.08 Å². The molecule has 0 saturated carbocycles. The molecule has 0 amide bonds. The van der Waals surface area contributed by atoms with Crippen LogP contribution in [0.4, 0.5) is 0 Å². The molecule has 0 fully saturated rings. The first kappa shape index (κ1) is 24.0. The van der Waals surface area contributed by atoms with Gasteiger partial charge in [0.25, 0.3) is 5.56 Å². The Morgan fingerprint density at radius 2 is 2.00 bits per heavy atom. The third-order valence-corrected chi connectivity index (χ3v) is 7.00. The lowest BCUT2D eigenvalue weighted by Crippen LogP contribution is -2.39. The smallest absolute Gasteiger partial charge is 0.338 e. The topological polar surface area (TPSA) is 79.1 Å². The number of aromatic nitrogens is 1. The third kappa shape index (κ3) is 4.45. The SMILES string of the molecule is CCOC(=O)C1=C(C)N=c2s/c(=C/c3cccc(OC)c3)c(=O)n2[C@@H]1c1ccc(OC)c(Br)c1. The predicted molar refractivity (Wildman–Crippen MR) is 134 cm³/mol. The standard InChI is InChI=1S/C25H23BrN2O5S/c1-5-33-24(30)21-14(2)27-25-28(22(21)16-9-10-19(32-4)18(26)13-16)23(29)20(34-25)12-15-7-6-8-17(11-15)31-3/h6-13,22H,5H2,1-4H3/b20-12+/t22-/m1/s1. The largest absolute Gasteiger partial charge is 0.497 e. The number of halogens is 1. The molecular formula is C25H23BrN2O5S. The van der Waals surface area contributed by atoms with E-state index in [1.54, 1.807) is 44.8 Å². The van der Waals surface area contributed by atoms with Gasteiger partial charge in [0.05, 0.1) is 47.1 Å². The van der Waals surface area contributed by atoms with Crippen molar-refractivity contribution in [1.82, 2.24) is 4.57 Å². The molecule has 1 atom stereocenters. The van der Waals surface area contributed by atoms with Crippen LogP contribution in [0.2, 0.25) is 0 Å². The number of allylic oxidation sites excluding steroid dienone is 1. The maximum Gasteiger partial charge on any atom is 0.338 e. The number of methoxy groups -OCH3 is 2. The Bertz CT molecular complexity index is 1470. The molecule has 1 aliphatic rings. The van der Waals surface area contributed by atoms with Crippen molar-refractivity contribution >= 4 is 39.3 Å². The van der Waals surface area contributed by atoms with E-state index in [2.05, 4.69) is 20.9 Å². The summed E-state index contributed by atoms with van der Waals surface area (Å²) in [6.07, 6.45) is 1.80. The zero-order valence-corrected chi connectivity index (χ0v) is 21.5. The Kier molecular flexibility index (Phi) is 7.04. The van der Waals surface area contributed by atoms with Crippen molar-refractivity contribution in [3.05, 3.63) is 89.0 Å². The number of hydrogen-bond donors (Lipinski definition) is 0. The van der Waals surface area contributed by atoms with Gasteiger partial charge in [-0.15, -0.1) is 0 Å². The highest BCUT2D eigenvalue weighted by Crippen LogP contribution is 2.35. The number of hydrogen-bond acceptors (Lipinski definition) is 7. The number of carbonyl (C=O) groups is 1. The average molecular weight is 543 g/mol. The molecule has 9 heteroatoms. The van der Waals surface area contributed by atoms with Crippen molar-refractivity contribution in [2.45, 2.75) is 19.9 Å². The van der Waals surface area contributed by atoms with E-state index in [1.165, 1.54) is 11.3 Å². The molecule has 0 unspecified atom stereocenters. The number of benzene rings is 2. The van der Waals surface area contributed by atoms with Gasteiger partial charge in [0.2, 0.25) is 0 Å². The summed E-state index contributed by atoms with van der Waals surface area (Å²) < 4.78 is 18.8. The van der Waals surface area contributed by atoms with Crippen molar-refractivity contribution in [2.24, 2.45) is 4.99 Å². The normalized spacial score (nSPS) is 15.6. The van der Waals surface area contributed by atoms with Crippen LogP contribution in [-0.2, 0) is 9.53 Å². The van der Waals surface area contributed by atoms with Crippen LogP contribution in [-0.4, -0.2) is 31.4 Å². The highest BCUT2D eigenvalue weighted by atomic mass is 79.9. The molecule has 0 bridgehead atoms. The number of nitrogens with zero attached hydrogens (tertiary/aromatic N) is 2.